The van der Waals surface area contributed by atoms with Crippen molar-refractivity contribution in [2.75, 3.05) is 72.7 Å². The van der Waals surface area contributed by atoms with E-state index in [0.717, 1.165) is 0 Å². The molecule has 0 saturated heterocycles. The van der Waals surface area contributed by atoms with Crippen molar-refractivity contribution >= 4 is 11.9 Å². The number of carbonyl (C=O) groups is 2. The molecular formula is C23H29F5O9. The molecule has 0 atom stereocenters. The van der Waals surface area contributed by atoms with Crippen LogP contribution in [0.4, 0.5) is 22.0 Å². The first-order chi connectivity index (χ1) is 17.7. The van der Waals surface area contributed by atoms with Crippen molar-refractivity contribution in [1.82, 2.24) is 0 Å². The van der Waals surface area contributed by atoms with E-state index in [0.29, 0.717) is 38.6 Å². The number of ether oxygens (including phenoxy) is 7. The van der Waals surface area contributed by atoms with E-state index in [-0.39, 0.29) is 39.6 Å². The van der Waals surface area contributed by atoms with Gasteiger partial charge in [-0.25, -0.2) is 18.0 Å². The molecule has 0 radical (unpaired) electrons. The average Bonchev–Trinajstić information content (AvgIpc) is 2.87. The zero-order valence-electron chi connectivity index (χ0n) is 20.3. The fourth-order valence-corrected chi connectivity index (χ4v) is 2.29. The third-order valence-corrected chi connectivity index (χ3v) is 4.13. The van der Waals surface area contributed by atoms with Crippen LogP contribution in [0.15, 0.2) is 12.2 Å². The first-order valence-electron chi connectivity index (χ1n) is 11.1. The molecule has 1 rings (SSSR count). The normalized spacial score (nSPS) is 11.0. The van der Waals surface area contributed by atoms with Crippen LogP contribution in [0.1, 0.15) is 13.3 Å². The van der Waals surface area contributed by atoms with E-state index in [1.165, 1.54) is 0 Å². The molecule has 0 amide bonds. The fraction of sp³-hybridized carbons (Fsp3) is 0.565. The molecule has 0 aliphatic rings. The van der Waals surface area contributed by atoms with Gasteiger partial charge >= 0.3 is 11.9 Å². The second-order valence-corrected chi connectivity index (χ2v) is 7.10. The maximum absolute atomic E-state index is 13.5. The Bertz CT molecular complexity index is 854. The SMILES string of the molecule is C=C(C)C(=O)OCCOCCOCCOCCOCCOCCC(=O)Oc1c(F)c(F)c(F)c(F)c1F. The predicted octanol–water partition coefficient (Wildman–Crippen LogP) is 2.88. The van der Waals surface area contributed by atoms with Crippen LogP contribution in [0.3, 0.4) is 0 Å². The van der Waals surface area contributed by atoms with Crippen LogP contribution < -0.4 is 4.74 Å². The number of hydrogen-bond acceptors (Lipinski definition) is 9. The molecule has 210 valence electrons. The summed E-state index contributed by atoms with van der Waals surface area (Å²) in [5.74, 6) is -14.6. The third-order valence-electron chi connectivity index (χ3n) is 4.13. The van der Waals surface area contributed by atoms with Gasteiger partial charge in [0.2, 0.25) is 34.8 Å². The maximum atomic E-state index is 13.5. The molecule has 37 heavy (non-hydrogen) atoms. The van der Waals surface area contributed by atoms with E-state index in [2.05, 4.69) is 11.3 Å². The summed E-state index contributed by atoms with van der Waals surface area (Å²) in [6, 6.07) is 0. The molecule has 0 saturated carbocycles. The topological polar surface area (TPSA) is 98.8 Å². The molecule has 14 heteroatoms. The van der Waals surface area contributed by atoms with Gasteiger partial charge in [0.25, 0.3) is 0 Å². The first kappa shape index (κ1) is 32.4. The van der Waals surface area contributed by atoms with Crippen LogP contribution in [0.2, 0.25) is 0 Å². The van der Waals surface area contributed by atoms with E-state index < -0.39 is 53.2 Å². The Kier molecular flexibility index (Phi) is 16.3. The van der Waals surface area contributed by atoms with Gasteiger partial charge in [0, 0.05) is 5.57 Å². The molecule has 1 aromatic rings. The Morgan fingerprint density at radius 3 is 1.35 bits per heavy atom. The summed E-state index contributed by atoms with van der Waals surface area (Å²) < 4.78 is 101. The van der Waals surface area contributed by atoms with Gasteiger partial charge in [-0.2, -0.15) is 8.78 Å². The highest BCUT2D eigenvalue weighted by atomic mass is 19.2. The lowest BCUT2D eigenvalue weighted by atomic mass is 10.2. The van der Waals surface area contributed by atoms with Gasteiger partial charge in [-0.1, -0.05) is 6.58 Å². The second kappa shape index (κ2) is 18.6. The molecule has 0 heterocycles. The minimum absolute atomic E-state index is 0.0747. The summed E-state index contributed by atoms with van der Waals surface area (Å²) in [7, 11) is 0. The summed E-state index contributed by atoms with van der Waals surface area (Å²) in [6.07, 6.45) is -0.490. The summed E-state index contributed by atoms with van der Waals surface area (Å²) in [5.41, 5.74) is 0.321. The highest BCUT2D eigenvalue weighted by Crippen LogP contribution is 2.29. The van der Waals surface area contributed by atoms with Crippen LogP contribution in [0.5, 0.6) is 5.75 Å². The van der Waals surface area contributed by atoms with Crippen molar-refractivity contribution in [2.45, 2.75) is 13.3 Å². The van der Waals surface area contributed by atoms with Crippen LogP contribution in [-0.2, 0) is 38.0 Å². The molecule has 1 aromatic carbocycles. The number of esters is 2. The zero-order chi connectivity index (χ0) is 27.6. The van der Waals surface area contributed by atoms with Gasteiger partial charge in [-0.05, 0) is 6.92 Å². The molecule has 0 spiro atoms. The van der Waals surface area contributed by atoms with E-state index in [1.807, 2.05) is 0 Å². The van der Waals surface area contributed by atoms with E-state index in [1.54, 1.807) is 6.92 Å². The average molecular weight is 544 g/mol. The summed E-state index contributed by atoms with van der Waals surface area (Å²) in [5, 5.41) is 0. The van der Waals surface area contributed by atoms with Gasteiger partial charge in [0.05, 0.1) is 72.5 Å². The molecule has 0 aromatic heterocycles. The van der Waals surface area contributed by atoms with Crippen molar-refractivity contribution in [3.63, 3.8) is 0 Å². The van der Waals surface area contributed by atoms with Gasteiger partial charge in [-0.15, -0.1) is 0 Å². The van der Waals surface area contributed by atoms with E-state index in [4.69, 9.17) is 28.4 Å². The molecule has 0 aliphatic heterocycles. The predicted molar refractivity (Wildman–Crippen MR) is 116 cm³/mol. The summed E-state index contributed by atoms with van der Waals surface area (Å²) >= 11 is 0. The van der Waals surface area contributed by atoms with Crippen LogP contribution >= 0.6 is 0 Å². The highest BCUT2D eigenvalue weighted by molar-refractivity contribution is 5.86. The molecule has 9 nitrogen and oxygen atoms in total. The molecule has 0 aliphatic carbocycles. The third kappa shape index (κ3) is 12.9. The lowest BCUT2D eigenvalue weighted by molar-refractivity contribution is -0.140. The van der Waals surface area contributed by atoms with Gasteiger partial charge in [0.1, 0.15) is 6.61 Å². The van der Waals surface area contributed by atoms with Crippen LogP contribution in [0.25, 0.3) is 0 Å². The Balaban J connectivity index is 1.93. The van der Waals surface area contributed by atoms with Crippen molar-refractivity contribution < 1.29 is 64.7 Å². The number of carbonyl (C=O) groups excluding carboxylic acids is 2. The maximum Gasteiger partial charge on any atom is 0.333 e. The lowest BCUT2D eigenvalue weighted by Crippen LogP contribution is -2.16. The Labute approximate surface area is 210 Å². The number of halogens is 5. The summed E-state index contributed by atoms with van der Waals surface area (Å²) in [6.45, 7) is 7.33. The fourth-order valence-electron chi connectivity index (χ4n) is 2.29. The number of rotatable bonds is 20. The molecule has 0 fully saturated rings. The Hall–Kier alpha value is -2.65. The van der Waals surface area contributed by atoms with Gasteiger partial charge in [-0.3, -0.25) is 4.79 Å². The standard InChI is InChI=1S/C23H29F5O9/c1-15(2)23(30)36-14-13-35-12-11-34-10-9-33-8-7-32-6-5-31-4-3-16(29)37-22-20(27)18(25)17(24)19(26)21(22)28/h1,3-14H2,2H3. The Morgan fingerprint density at radius 2 is 0.946 bits per heavy atom. The van der Waals surface area contributed by atoms with E-state index >= 15 is 0 Å². The smallest absolute Gasteiger partial charge is 0.333 e. The van der Waals surface area contributed by atoms with Gasteiger partial charge < -0.3 is 33.2 Å². The Morgan fingerprint density at radius 1 is 0.595 bits per heavy atom. The van der Waals surface area contributed by atoms with Crippen molar-refractivity contribution in [2.24, 2.45) is 0 Å². The van der Waals surface area contributed by atoms with Crippen LogP contribution in [0, 0.1) is 29.1 Å². The highest BCUT2D eigenvalue weighted by Gasteiger charge is 2.28. The van der Waals surface area contributed by atoms with Crippen LogP contribution in [-0.4, -0.2) is 84.6 Å². The minimum Gasteiger partial charge on any atom is -0.460 e. The second-order valence-electron chi connectivity index (χ2n) is 7.10. The van der Waals surface area contributed by atoms with Gasteiger partial charge in [0.15, 0.2) is 0 Å². The molecular weight excluding hydrogens is 515 g/mol. The quantitative estimate of drug-likeness (QED) is 0.0467. The van der Waals surface area contributed by atoms with Crippen molar-refractivity contribution in [3.8, 4) is 5.75 Å². The largest absolute Gasteiger partial charge is 0.460 e. The monoisotopic (exact) mass is 544 g/mol. The summed E-state index contributed by atoms with van der Waals surface area (Å²) in [4.78, 5) is 22.7. The number of hydrogen-bond donors (Lipinski definition) is 0. The number of benzene rings is 1. The molecule has 0 bridgehead atoms. The molecule has 0 unspecified atom stereocenters. The zero-order valence-corrected chi connectivity index (χ0v) is 20.3. The van der Waals surface area contributed by atoms with Crippen molar-refractivity contribution in [3.05, 3.63) is 41.2 Å². The first-order valence-corrected chi connectivity index (χ1v) is 11.1. The van der Waals surface area contributed by atoms with Crippen molar-refractivity contribution in [1.29, 1.82) is 0 Å². The van der Waals surface area contributed by atoms with E-state index in [9.17, 15) is 31.5 Å². The minimum atomic E-state index is -2.35. The molecule has 0 N–H and O–H groups in total. The lowest BCUT2D eigenvalue weighted by Gasteiger charge is -2.09.